The van der Waals surface area contributed by atoms with Gasteiger partial charge in [-0.3, -0.25) is 4.79 Å². The van der Waals surface area contributed by atoms with Crippen LogP contribution in [0.25, 0.3) is 0 Å². The van der Waals surface area contributed by atoms with Gasteiger partial charge in [0.15, 0.2) is 0 Å². The molecular weight excluding hydrogens is 222 g/mol. The lowest BCUT2D eigenvalue weighted by Gasteiger charge is -2.15. The van der Waals surface area contributed by atoms with Crippen LogP contribution in [0.2, 0.25) is 0 Å². The molecule has 18 heavy (non-hydrogen) atoms. The number of rotatable bonds is 6. The summed E-state index contributed by atoms with van der Waals surface area (Å²) >= 11 is 0. The fraction of sp³-hybridized carbons (Fsp3) is 0.562. The zero-order valence-corrected chi connectivity index (χ0v) is 11.4. The van der Waals surface area contributed by atoms with E-state index in [1.807, 2.05) is 6.07 Å². The van der Waals surface area contributed by atoms with E-state index in [-0.39, 0.29) is 11.8 Å². The number of nitrogens with one attached hydrogen (secondary N) is 1. The molecule has 0 heterocycles. The summed E-state index contributed by atoms with van der Waals surface area (Å²) in [6.45, 7) is 5.02. The molecule has 98 valence electrons. The minimum absolute atomic E-state index is 0.203. The molecule has 0 aromatic heterocycles. The summed E-state index contributed by atoms with van der Waals surface area (Å²) < 4.78 is 0. The summed E-state index contributed by atoms with van der Waals surface area (Å²) in [5.41, 5.74) is 1.34. The molecule has 1 saturated carbocycles. The SMILES string of the molecule is CC(CNC(=O)C(C)C1CC1)Cc1ccccc1. The number of amides is 1. The highest BCUT2D eigenvalue weighted by molar-refractivity contribution is 5.78. The molecule has 2 atom stereocenters. The van der Waals surface area contributed by atoms with Gasteiger partial charge in [-0.15, -0.1) is 0 Å². The topological polar surface area (TPSA) is 29.1 Å². The Morgan fingerprint density at radius 3 is 2.56 bits per heavy atom. The second-order valence-electron chi connectivity index (χ2n) is 5.67. The van der Waals surface area contributed by atoms with Gasteiger partial charge in [-0.25, -0.2) is 0 Å². The summed E-state index contributed by atoms with van der Waals surface area (Å²) in [5, 5.41) is 3.08. The van der Waals surface area contributed by atoms with Gasteiger partial charge in [-0.05, 0) is 36.7 Å². The van der Waals surface area contributed by atoms with Crippen LogP contribution >= 0.6 is 0 Å². The van der Waals surface area contributed by atoms with Gasteiger partial charge in [0.1, 0.15) is 0 Å². The molecule has 1 aromatic rings. The Labute approximate surface area is 110 Å². The lowest BCUT2D eigenvalue weighted by atomic mass is 10.0. The van der Waals surface area contributed by atoms with E-state index in [1.165, 1.54) is 18.4 Å². The number of carbonyl (C=O) groups excluding carboxylic acids is 1. The second kappa shape index (κ2) is 6.03. The molecule has 1 aliphatic rings. The lowest BCUT2D eigenvalue weighted by molar-refractivity contribution is -0.125. The van der Waals surface area contributed by atoms with Gasteiger partial charge in [-0.2, -0.15) is 0 Å². The van der Waals surface area contributed by atoms with Crippen molar-refractivity contribution in [1.82, 2.24) is 5.32 Å². The molecular formula is C16H23NO. The Morgan fingerprint density at radius 1 is 1.28 bits per heavy atom. The normalized spacial score (nSPS) is 18.1. The third-order valence-electron chi connectivity index (χ3n) is 3.79. The average molecular weight is 245 g/mol. The first kappa shape index (κ1) is 13.1. The van der Waals surface area contributed by atoms with E-state index in [0.29, 0.717) is 11.8 Å². The fourth-order valence-electron chi connectivity index (χ4n) is 2.33. The van der Waals surface area contributed by atoms with Gasteiger partial charge in [0.05, 0.1) is 0 Å². The highest BCUT2D eigenvalue weighted by Gasteiger charge is 2.32. The van der Waals surface area contributed by atoms with E-state index in [1.54, 1.807) is 0 Å². The molecule has 2 rings (SSSR count). The largest absolute Gasteiger partial charge is 0.356 e. The van der Waals surface area contributed by atoms with Gasteiger partial charge >= 0.3 is 0 Å². The minimum atomic E-state index is 0.203. The molecule has 0 saturated heterocycles. The molecule has 1 aliphatic carbocycles. The number of carbonyl (C=O) groups is 1. The molecule has 0 aliphatic heterocycles. The van der Waals surface area contributed by atoms with Crippen LogP contribution < -0.4 is 5.32 Å². The van der Waals surface area contributed by atoms with Crippen LogP contribution in [0.15, 0.2) is 30.3 Å². The molecule has 1 aromatic carbocycles. The number of hydrogen-bond acceptors (Lipinski definition) is 1. The quantitative estimate of drug-likeness (QED) is 0.820. The van der Waals surface area contributed by atoms with Crippen LogP contribution in [-0.2, 0) is 11.2 Å². The van der Waals surface area contributed by atoms with Gasteiger partial charge in [0, 0.05) is 12.5 Å². The van der Waals surface area contributed by atoms with Crippen LogP contribution in [0.1, 0.15) is 32.3 Å². The van der Waals surface area contributed by atoms with Crippen LogP contribution in [-0.4, -0.2) is 12.5 Å². The van der Waals surface area contributed by atoms with Crippen molar-refractivity contribution in [3.63, 3.8) is 0 Å². The van der Waals surface area contributed by atoms with Crippen molar-refractivity contribution in [3.05, 3.63) is 35.9 Å². The molecule has 1 N–H and O–H groups in total. The Morgan fingerprint density at radius 2 is 1.94 bits per heavy atom. The molecule has 0 spiro atoms. The van der Waals surface area contributed by atoms with Crippen molar-refractivity contribution in [2.24, 2.45) is 17.8 Å². The number of benzene rings is 1. The molecule has 0 bridgehead atoms. The maximum absolute atomic E-state index is 11.9. The van der Waals surface area contributed by atoms with Crippen molar-refractivity contribution >= 4 is 5.91 Å². The molecule has 2 nitrogen and oxygen atoms in total. The predicted octanol–water partition coefficient (Wildman–Crippen LogP) is 3.03. The van der Waals surface area contributed by atoms with Gasteiger partial charge < -0.3 is 5.32 Å². The van der Waals surface area contributed by atoms with E-state index < -0.39 is 0 Å². The van der Waals surface area contributed by atoms with Crippen molar-refractivity contribution in [2.75, 3.05) is 6.54 Å². The van der Waals surface area contributed by atoms with Gasteiger partial charge in [-0.1, -0.05) is 44.2 Å². The second-order valence-corrected chi connectivity index (χ2v) is 5.67. The standard InChI is InChI=1S/C16H23NO/c1-12(10-14-6-4-3-5-7-14)11-17-16(18)13(2)15-8-9-15/h3-7,12-13,15H,8-11H2,1-2H3,(H,17,18). The maximum Gasteiger partial charge on any atom is 0.223 e. The summed E-state index contributed by atoms with van der Waals surface area (Å²) in [6, 6.07) is 10.5. The highest BCUT2D eigenvalue weighted by atomic mass is 16.1. The van der Waals surface area contributed by atoms with Gasteiger partial charge in [0.2, 0.25) is 5.91 Å². The van der Waals surface area contributed by atoms with E-state index in [9.17, 15) is 4.79 Å². The van der Waals surface area contributed by atoms with Crippen molar-refractivity contribution < 1.29 is 4.79 Å². The molecule has 2 heteroatoms. The third kappa shape index (κ3) is 3.86. The summed E-state index contributed by atoms with van der Waals surface area (Å²) in [6.07, 6.45) is 3.49. The minimum Gasteiger partial charge on any atom is -0.356 e. The first-order valence-electron chi connectivity index (χ1n) is 6.98. The first-order chi connectivity index (χ1) is 8.66. The average Bonchev–Trinajstić information content (AvgIpc) is 3.20. The third-order valence-corrected chi connectivity index (χ3v) is 3.79. The predicted molar refractivity (Wildman–Crippen MR) is 74.2 cm³/mol. The highest BCUT2D eigenvalue weighted by Crippen LogP contribution is 2.36. The summed E-state index contributed by atoms with van der Waals surface area (Å²) in [5.74, 6) is 1.57. The maximum atomic E-state index is 11.9. The molecule has 1 fully saturated rings. The molecule has 0 radical (unpaired) electrons. The first-order valence-corrected chi connectivity index (χ1v) is 6.98. The van der Waals surface area contributed by atoms with Crippen molar-refractivity contribution in [3.8, 4) is 0 Å². The Kier molecular flexibility index (Phi) is 4.40. The fourth-order valence-corrected chi connectivity index (χ4v) is 2.33. The van der Waals surface area contributed by atoms with Crippen LogP contribution in [0.3, 0.4) is 0 Å². The zero-order valence-electron chi connectivity index (χ0n) is 11.4. The van der Waals surface area contributed by atoms with Crippen molar-refractivity contribution in [1.29, 1.82) is 0 Å². The Hall–Kier alpha value is -1.31. The summed E-state index contributed by atoms with van der Waals surface area (Å²) in [4.78, 5) is 11.9. The smallest absolute Gasteiger partial charge is 0.223 e. The Balaban J connectivity index is 1.71. The Bertz CT molecular complexity index is 383. The van der Waals surface area contributed by atoms with Gasteiger partial charge in [0.25, 0.3) is 0 Å². The molecule has 2 unspecified atom stereocenters. The number of hydrogen-bond donors (Lipinski definition) is 1. The van der Waals surface area contributed by atoms with Crippen LogP contribution in [0.4, 0.5) is 0 Å². The summed E-state index contributed by atoms with van der Waals surface area (Å²) in [7, 11) is 0. The van der Waals surface area contributed by atoms with E-state index in [4.69, 9.17) is 0 Å². The zero-order chi connectivity index (χ0) is 13.0. The lowest BCUT2D eigenvalue weighted by Crippen LogP contribution is -2.34. The molecule has 1 amide bonds. The van der Waals surface area contributed by atoms with E-state index in [2.05, 4.69) is 43.4 Å². The van der Waals surface area contributed by atoms with Crippen LogP contribution in [0.5, 0.6) is 0 Å². The monoisotopic (exact) mass is 245 g/mol. The van der Waals surface area contributed by atoms with Crippen LogP contribution in [0, 0.1) is 17.8 Å². The van der Waals surface area contributed by atoms with E-state index in [0.717, 1.165) is 13.0 Å². The van der Waals surface area contributed by atoms with Crippen molar-refractivity contribution in [2.45, 2.75) is 33.1 Å². The van der Waals surface area contributed by atoms with E-state index >= 15 is 0 Å².